The fourth-order valence-electron chi connectivity index (χ4n) is 2.55. The number of likely N-dealkylation sites (N-methyl/N-ethyl adjacent to an activating group) is 1. The molecule has 0 fully saturated rings. The second kappa shape index (κ2) is 6.83. The highest BCUT2D eigenvalue weighted by molar-refractivity contribution is 5.82. The minimum Gasteiger partial charge on any atom is -0.389 e. The first kappa shape index (κ1) is 15.0. The van der Waals surface area contributed by atoms with Crippen LogP contribution in [0.4, 0.5) is 0 Å². The third-order valence-electron chi connectivity index (χ3n) is 3.60. The minimum atomic E-state index is -0.648. The van der Waals surface area contributed by atoms with Crippen molar-refractivity contribution in [3.63, 3.8) is 0 Å². The van der Waals surface area contributed by atoms with Gasteiger partial charge in [-0.25, -0.2) is 0 Å². The number of hydrogen-bond donors (Lipinski definition) is 2. The molecule has 0 aromatic heterocycles. The lowest BCUT2D eigenvalue weighted by molar-refractivity contribution is -0.134. The molecule has 0 saturated carbocycles. The Bertz CT molecular complexity index is 464. The number of ether oxygens (including phenoxy) is 1. The standard InChI is InChI=1S/C15H22N2O3/c1-17(9-13(18)10-20-2)15(19)14-7-11-5-3-4-6-12(11)8-16-14/h3-6,13-14,16,18H,7-10H2,1-2H3/t13?,14-/m1/s1. The van der Waals surface area contributed by atoms with Crippen LogP contribution in [0, 0.1) is 0 Å². The highest BCUT2D eigenvalue weighted by atomic mass is 16.5. The zero-order valence-electron chi connectivity index (χ0n) is 12.0. The smallest absolute Gasteiger partial charge is 0.239 e. The van der Waals surface area contributed by atoms with Crippen LogP contribution in [0.3, 0.4) is 0 Å². The number of amides is 1. The van der Waals surface area contributed by atoms with E-state index in [-0.39, 0.29) is 25.1 Å². The lowest BCUT2D eigenvalue weighted by atomic mass is 9.95. The number of aliphatic hydroxyl groups is 1. The number of methoxy groups -OCH3 is 1. The molecule has 0 bridgehead atoms. The summed E-state index contributed by atoms with van der Waals surface area (Å²) in [7, 11) is 3.24. The van der Waals surface area contributed by atoms with E-state index in [0.29, 0.717) is 13.0 Å². The van der Waals surface area contributed by atoms with Gasteiger partial charge in [0.1, 0.15) is 0 Å². The Kier molecular flexibility index (Phi) is 5.11. The zero-order chi connectivity index (χ0) is 14.5. The van der Waals surface area contributed by atoms with E-state index in [4.69, 9.17) is 4.74 Å². The van der Waals surface area contributed by atoms with Crippen LogP contribution in [-0.2, 0) is 22.5 Å². The molecule has 1 heterocycles. The molecule has 5 heteroatoms. The van der Waals surface area contributed by atoms with Gasteiger partial charge in [0, 0.05) is 27.2 Å². The number of nitrogens with zero attached hydrogens (tertiary/aromatic N) is 1. The van der Waals surface area contributed by atoms with Crippen molar-refractivity contribution in [3.8, 4) is 0 Å². The van der Waals surface area contributed by atoms with Crippen molar-refractivity contribution in [2.45, 2.75) is 25.1 Å². The molecule has 0 aliphatic carbocycles. The molecule has 2 N–H and O–H groups in total. The average molecular weight is 278 g/mol. The van der Waals surface area contributed by atoms with Crippen molar-refractivity contribution in [1.82, 2.24) is 10.2 Å². The van der Waals surface area contributed by atoms with Crippen LogP contribution >= 0.6 is 0 Å². The molecular weight excluding hydrogens is 256 g/mol. The van der Waals surface area contributed by atoms with Gasteiger partial charge in [-0.05, 0) is 17.5 Å². The second-order valence-corrected chi connectivity index (χ2v) is 5.23. The Hall–Kier alpha value is -1.43. The Labute approximate surface area is 119 Å². The highest BCUT2D eigenvalue weighted by Gasteiger charge is 2.27. The van der Waals surface area contributed by atoms with Crippen LogP contribution in [-0.4, -0.2) is 55.4 Å². The maximum Gasteiger partial charge on any atom is 0.239 e. The predicted octanol–water partition coefficient (Wildman–Crippen LogP) is 0.167. The maximum atomic E-state index is 12.4. The van der Waals surface area contributed by atoms with Gasteiger partial charge in [-0.3, -0.25) is 4.79 Å². The maximum absolute atomic E-state index is 12.4. The molecule has 1 aliphatic rings. The van der Waals surface area contributed by atoms with Gasteiger partial charge in [0.25, 0.3) is 0 Å². The van der Waals surface area contributed by atoms with Crippen molar-refractivity contribution in [2.75, 3.05) is 27.3 Å². The van der Waals surface area contributed by atoms with E-state index >= 15 is 0 Å². The first-order chi connectivity index (χ1) is 9.61. The predicted molar refractivity (Wildman–Crippen MR) is 76.3 cm³/mol. The number of rotatable bonds is 5. The molecule has 1 aromatic carbocycles. The van der Waals surface area contributed by atoms with E-state index in [1.54, 1.807) is 11.9 Å². The Morgan fingerprint density at radius 2 is 2.20 bits per heavy atom. The van der Waals surface area contributed by atoms with Crippen LogP contribution in [0.5, 0.6) is 0 Å². The zero-order valence-corrected chi connectivity index (χ0v) is 12.0. The number of hydrogen-bond acceptors (Lipinski definition) is 4. The summed E-state index contributed by atoms with van der Waals surface area (Å²) in [6, 6.07) is 7.93. The Morgan fingerprint density at radius 3 is 2.90 bits per heavy atom. The van der Waals surface area contributed by atoms with Crippen LogP contribution < -0.4 is 5.32 Å². The third-order valence-corrected chi connectivity index (χ3v) is 3.60. The van der Waals surface area contributed by atoms with Gasteiger partial charge in [0.05, 0.1) is 18.8 Å². The minimum absolute atomic E-state index is 0.00894. The highest BCUT2D eigenvalue weighted by Crippen LogP contribution is 2.17. The summed E-state index contributed by atoms with van der Waals surface area (Å²) in [6.45, 7) is 1.23. The fourth-order valence-corrected chi connectivity index (χ4v) is 2.55. The molecule has 2 rings (SSSR count). The largest absolute Gasteiger partial charge is 0.389 e. The normalized spacial score (nSPS) is 19.2. The number of fused-ring (bicyclic) bond motifs is 1. The molecule has 0 spiro atoms. The second-order valence-electron chi connectivity index (χ2n) is 5.23. The van der Waals surface area contributed by atoms with Crippen LogP contribution in [0.1, 0.15) is 11.1 Å². The first-order valence-electron chi connectivity index (χ1n) is 6.84. The summed E-state index contributed by atoms with van der Waals surface area (Å²) < 4.78 is 4.87. The number of aliphatic hydroxyl groups excluding tert-OH is 1. The quantitative estimate of drug-likeness (QED) is 0.806. The van der Waals surface area contributed by atoms with E-state index in [0.717, 1.165) is 0 Å². The van der Waals surface area contributed by atoms with Crippen LogP contribution in [0.2, 0.25) is 0 Å². The van der Waals surface area contributed by atoms with Gasteiger partial charge in [-0.1, -0.05) is 24.3 Å². The van der Waals surface area contributed by atoms with E-state index < -0.39 is 6.10 Å². The molecule has 5 nitrogen and oxygen atoms in total. The summed E-state index contributed by atoms with van der Waals surface area (Å²) in [5.41, 5.74) is 2.47. The van der Waals surface area contributed by atoms with Gasteiger partial charge in [-0.2, -0.15) is 0 Å². The number of carbonyl (C=O) groups is 1. The van der Waals surface area contributed by atoms with Crippen molar-refractivity contribution < 1.29 is 14.6 Å². The number of nitrogens with one attached hydrogen (secondary N) is 1. The molecule has 0 saturated heterocycles. The van der Waals surface area contributed by atoms with Gasteiger partial charge < -0.3 is 20.1 Å². The van der Waals surface area contributed by atoms with Crippen molar-refractivity contribution in [1.29, 1.82) is 0 Å². The summed E-state index contributed by atoms with van der Waals surface area (Å²) >= 11 is 0. The van der Waals surface area contributed by atoms with Crippen molar-refractivity contribution >= 4 is 5.91 Å². The molecular formula is C15H22N2O3. The molecule has 0 radical (unpaired) electrons. The Balaban J connectivity index is 1.94. The summed E-state index contributed by atoms with van der Waals surface area (Å²) in [4.78, 5) is 13.9. The topological polar surface area (TPSA) is 61.8 Å². The summed E-state index contributed by atoms with van der Waals surface area (Å²) in [6.07, 6.45) is 0.0459. The molecule has 20 heavy (non-hydrogen) atoms. The molecule has 110 valence electrons. The number of carbonyl (C=O) groups excluding carboxylic acids is 1. The molecule has 1 aromatic rings. The fraction of sp³-hybridized carbons (Fsp3) is 0.533. The lowest BCUT2D eigenvalue weighted by Crippen LogP contribution is -2.50. The Morgan fingerprint density at radius 1 is 1.50 bits per heavy atom. The van der Waals surface area contributed by atoms with Gasteiger partial charge in [-0.15, -0.1) is 0 Å². The lowest BCUT2D eigenvalue weighted by Gasteiger charge is -2.29. The van der Waals surface area contributed by atoms with E-state index in [1.165, 1.54) is 18.2 Å². The molecule has 1 amide bonds. The SMILES string of the molecule is COCC(O)CN(C)C(=O)[C@H]1Cc2ccccc2CN1. The van der Waals surface area contributed by atoms with Crippen molar-refractivity contribution in [2.24, 2.45) is 0 Å². The van der Waals surface area contributed by atoms with E-state index in [9.17, 15) is 9.90 Å². The first-order valence-corrected chi connectivity index (χ1v) is 6.84. The third kappa shape index (κ3) is 3.56. The van der Waals surface area contributed by atoms with Gasteiger partial charge >= 0.3 is 0 Å². The average Bonchev–Trinajstić information content (AvgIpc) is 2.46. The van der Waals surface area contributed by atoms with E-state index in [1.807, 2.05) is 12.1 Å². The van der Waals surface area contributed by atoms with Crippen LogP contribution in [0.15, 0.2) is 24.3 Å². The van der Waals surface area contributed by atoms with Crippen LogP contribution in [0.25, 0.3) is 0 Å². The van der Waals surface area contributed by atoms with E-state index in [2.05, 4.69) is 17.4 Å². The van der Waals surface area contributed by atoms with Gasteiger partial charge in [0.2, 0.25) is 5.91 Å². The summed E-state index contributed by atoms with van der Waals surface area (Å²) in [5.74, 6) is 0.00894. The molecule has 1 unspecified atom stereocenters. The van der Waals surface area contributed by atoms with Gasteiger partial charge in [0.15, 0.2) is 0 Å². The summed E-state index contributed by atoms with van der Waals surface area (Å²) in [5, 5.41) is 12.9. The van der Waals surface area contributed by atoms with Crippen molar-refractivity contribution in [3.05, 3.63) is 35.4 Å². The molecule has 1 aliphatic heterocycles. The molecule has 2 atom stereocenters. The monoisotopic (exact) mass is 278 g/mol. The number of benzene rings is 1.